The fourth-order valence-electron chi connectivity index (χ4n) is 2.98. The van der Waals surface area contributed by atoms with E-state index >= 15 is 0 Å². The molecule has 140 valence electrons. The summed E-state index contributed by atoms with van der Waals surface area (Å²) in [5, 5.41) is 7.41. The van der Waals surface area contributed by atoms with Gasteiger partial charge in [0.2, 0.25) is 5.96 Å². The summed E-state index contributed by atoms with van der Waals surface area (Å²) in [6, 6.07) is 12.7. The number of aryl methyl sites for hydroxylation is 2. The van der Waals surface area contributed by atoms with Gasteiger partial charge in [0.15, 0.2) is 5.69 Å². The van der Waals surface area contributed by atoms with E-state index in [1.54, 1.807) is 6.21 Å². The maximum atomic E-state index is 4.31. The zero-order valence-electron chi connectivity index (χ0n) is 16.4. The molecule has 0 aliphatic rings. The molecule has 0 spiro atoms. The average molecular weight is 363 g/mol. The van der Waals surface area contributed by atoms with Crippen LogP contribution in [0.15, 0.2) is 58.9 Å². The summed E-state index contributed by atoms with van der Waals surface area (Å²) in [5.41, 5.74) is 8.73. The Morgan fingerprint density at radius 1 is 1.11 bits per heavy atom. The largest absolute Gasteiger partial charge is 0.355 e. The number of rotatable bonds is 5. The molecule has 0 saturated heterocycles. The van der Waals surface area contributed by atoms with Gasteiger partial charge in [0, 0.05) is 24.7 Å². The first-order valence-electron chi connectivity index (χ1n) is 9.27. The Bertz CT molecular complexity index is 966. The normalized spacial score (nSPS) is 12.1. The van der Waals surface area contributed by atoms with E-state index in [0.717, 1.165) is 17.8 Å². The topological polar surface area (TPSA) is 57.8 Å². The van der Waals surface area contributed by atoms with Crippen LogP contribution in [0.2, 0.25) is 0 Å². The van der Waals surface area contributed by atoms with Crippen LogP contribution < -0.4 is 15.1 Å². The number of aliphatic imine (C=N–C) groups is 1. The number of nitrogens with one attached hydrogen (secondary N) is 2. The first kappa shape index (κ1) is 18.6. The number of hydrogen-bond acceptors (Lipinski definition) is 2. The summed E-state index contributed by atoms with van der Waals surface area (Å²) in [6.45, 7) is 7.64. The second-order valence-electron chi connectivity index (χ2n) is 6.39. The van der Waals surface area contributed by atoms with Crippen LogP contribution in [0.1, 0.15) is 25.0 Å². The number of imidazole rings is 1. The van der Waals surface area contributed by atoms with Crippen molar-refractivity contribution in [2.75, 3.05) is 13.1 Å². The molecular formula is C21H27N6+. The second-order valence-corrected chi connectivity index (χ2v) is 6.39. The molecule has 6 heteroatoms. The lowest BCUT2D eigenvalue weighted by atomic mass is 10.1. The van der Waals surface area contributed by atoms with Gasteiger partial charge in [-0.25, -0.2) is 14.4 Å². The van der Waals surface area contributed by atoms with Crippen LogP contribution >= 0.6 is 0 Å². The van der Waals surface area contributed by atoms with Crippen LogP contribution in [0.5, 0.6) is 0 Å². The zero-order valence-corrected chi connectivity index (χ0v) is 16.4. The standard InChI is InChI=1S/C21H27N6/c1-5-22-21(23-6-2)25-24-13-17-8-10-18(11-9-17)19-15-27-14-16(3)7-12-20(27)26(19)4/h7-15H,5-6H2,1-4H3,(H2,22,23,25)/q+1/b24-13+. The van der Waals surface area contributed by atoms with E-state index in [1.165, 1.54) is 16.8 Å². The van der Waals surface area contributed by atoms with Crippen LogP contribution in [-0.2, 0) is 7.05 Å². The molecule has 6 nitrogen and oxygen atoms in total. The minimum absolute atomic E-state index is 0.690. The van der Waals surface area contributed by atoms with Gasteiger partial charge < -0.3 is 5.32 Å². The third kappa shape index (κ3) is 4.34. The number of hydrogen-bond donors (Lipinski definition) is 2. The maximum Gasteiger partial charge on any atom is 0.286 e. The van der Waals surface area contributed by atoms with E-state index < -0.39 is 0 Å². The Balaban J connectivity index is 1.77. The molecular weight excluding hydrogens is 336 g/mol. The fourth-order valence-corrected chi connectivity index (χ4v) is 2.98. The molecule has 0 atom stereocenters. The number of benzene rings is 1. The van der Waals surface area contributed by atoms with E-state index in [0.29, 0.717) is 12.5 Å². The van der Waals surface area contributed by atoms with Crippen LogP contribution in [0.4, 0.5) is 0 Å². The second kappa shape index (κ2) is 8.49. The molecule has 3 rings (SSSR count). The fraction of sp³-hybridized carbons (Fsp3) is 0.286. The van der Waals surface area contributed by atoms with Gasteiger partial charge in [-0.2, -0.15) is 5.10 Å². The molecule has 0 aliphatic carbocycles. The first-order valence-corrected chi connectivity index (χ1v) is 9.27. The first-order chi connectivity index (χ1) is 13.1. The van der Waals surface area contributed by atoms with Gasteiger partial charge in [-0.3, -0.25) is 4.99 Å². The third-order valence-electron chi connectivity index (χ3n) is 4.32. The van der Waals surface area contributed by atoms with E-state index in [1.807, 2.05) is 13.8 Å². The Morgan fingerprint density at radius 2 is 1.89 bits per heavy atom. The van der Waals surface area contributed by atoms with Crippen LogP contribution in [-0.4, -0.2) is 29.8 Å². The van der Waals surface area contributed by atoms with Gasteiger partial charge in [-0.1, -0.05) is 12.1 Å². The number of pyridine rings is 1. The van der Waals surface area contributed by atoms with Crippen LogP contribution in [0, 0.1) is 6.92 Å². The molecule has 0 amide bonds. The molecule has 3 aromatic rings. The van der Waals surface area contributed by atoms with Crippen LogP contribution in [0.3, 0.4) is 0 Å². The van der Waals surface area contributed by atoms with E-state index in [2.05, 4.69) is 92.6 Å². The number of aromatic nitrogens is 2. The van der Waals surface area contributed by atoms with Gasteiger partial charge in [0.1, 0.15) is 6.20 Å². The molecule has 0 aliphatic heterocycles. The third-order valence-corrected chi connectivity index (χ3v) is 4.32. The minimum atomic E-state index is 0.690. The van der Waals surface area contributed by atoms with E-state index in [-0.39, 0.29) is 0 Å². The summed E-state index contributed by atoms with van der Waals surface area (Å²) in [4.78, 5) is 4.31. The zero-order chi connectivity index (χ0) is 19.2. The van der Waals surface area contributed by atoms with Crippen molar-refractivity contribution in [2.24, 2.45) is 17.1 Å². The highest BCUT2D eigenvalue weighted by atomic mass is 15.4. The van der Waals surface area contributed by atoms with Gasteiger partial charge in [-0.05, 0) is 50.1 Å². The summed E-state index contributed by atoms with van der Waals surface area (Å²) in [6.07, 6.45) is 6.11. The van der Waals surface area contributed by atoms with Gasteiger partial charge in [-0.15, -0.1) is 0 Å². The van der Waals surface area contributed by atoms with Gasteiger partial charge >= 0.3 is 0 Å². The number of nitrogens with zero attached hydrogens (tertiary/aromatic N) is 4. The molecule has 1 aromatic carbocycles. The average Bonchev–Trinajstić information content (AvgIpc) is 2.98. The quantitative estimate of drug-likeness (QED) is 0.317. The van der Waals surface area contributed by atoms with Gasteiger partial charge in [0.05, 0.1) is 19.5 Å². The highest BCUT2D eigenvalue weighted by Gasteiger charge is 2.15. The predicted octanol–water partition coefficient (Wildman–Crippen LogP) is 2.65. The van der Waals surface area contributed by atoms with E-state index in [9.17, 15) is 0 Å². The molecule has 0 fully saturated rings. The maximum absolute atomic E-state index is 4.31. The summed E-state index contributed by atoms with van der Waals surface area (Å²) >= 11 is 0. The molecule has 27 heavy (non-hydrogen) atoms. The van der Waals surface area contributed by atoms with Crippen molar-refractivity contribution >= 4 is 17.8 Å². The SMILES string of the molecule is CCN=C(NCC)N/N=C/c1ccc(-c2c[n+]3cc(C)ccc3n2C)cc1. The summed E-state index contributed by atoms with van der Waals surface area (Å²) in [5.74, 6) is 0.690. The predicted molar refractivity (Wildman–Crippen MR) is 111 cm³/mol. The number of hydrazone groups is 1. The summed E-state index contributed by atoms with van der Waals surface area (Å²) < 4.78 is 4.37. The Labute approximate surface area is 160 Å². The molecule has 2 N–H and O–H groups in total. The van der Waals surface area contributed by atoms with Gasteiger partial charge in [0.25, 0.3) is 5.65 Å². The summed E-state index contributed by atoms with van der Waals surface area (Å²) in [7, 11) is 2.09. The molecule has 2 heterocycles. The molecule has 0 saturated carbocycles. The van der Waals surface area contributed by atoms with Crippen molar-refractivity contribution in [3.05, 3.63) is 59.9 Å². The Kier molecular flexibility index (Phi) is 5.86. The lowest BCUT2D eigenvalue weighted by Crippen LogP contribution is -2.34. The molecule has 0 bridgehead atoms. The molecule has 2 aromatic heterocycles. The van der Waals surface area contributed by atoms with Crippen molar-refractivity contribution in [1.82, 2.24) is 15.3 Å². The number of fused-ring (bicyclic) bond motifs is 1. The highest BCUT2D eigenvalue weighted by Crippen LogP contribution is 2.20. The van der Waals surface area contributed by atoms with Crippen molar-refractivity contribution in [3.8, 4) is 11.3 Å². The van der Waals surface area contributed by atoms with Crippen molar-refractivity contribution in [1.29, 1.82) is 0 Å². The Morgan fingerprint density at radius 3 is 2.59 bits per heavy atom. The van der Waals surface area contributed by atoms with Crippen molar-refractivity contribution in [2.45, 2.75) is 20.8 Å². The molecule has 0 unspecified atom stereocenters. The lowest BCUT2D eigenvalue weighted by molar-refractivity contribution is -0.510. The molecule has 0 radical (unpaired) electrons. The highest BCUT2D eigenvalue weighted by molar-refractivity contribution is 5.84. The minimum Gasteiger partial charge on any atom is -0.355 e. The van der Waals surface area contributed by atoms with Crippen molar-refractivity contribution < 1.29 is 4.40 Å². The monoisotopic (exact) mass is 363 g/mol. The smallest absolute Gasteiger partial charge is 0.286 e. The lowest BCUT2D eigenvalue weighted by Gasteiger charge is -2.05. The van der Waals surface area contributed by atoms with Crippen LogP contribution in [0.25, 0.3) is 16.9 Å². The Hall–Kier alpha value is -3.15. The number of guanidine groups is 1. The van der Waals surface area contributed by atoms with E-state index in [4.69, 9.17) is 0 Å². The van der Waals surface area contributed by atoms with Crippen molar-refractivity contribution in [3.63, 3.8) is 0 Å².